The summed E-state index contributed by atoms with van der Waals surface area (Å²) in [5, 5.41) is 8.05. The standard InChI is InChI=1S/C15H19N5O/c1-5-11-17-14-9(3)7-10(16-15(14)20(11)4)8-13-19-18-12(6-2)21-13/h7H,5-6,8H2,1-4H3. The van der Waals surface area contributed by atoms with Crippen molar-refractivity contribution >= 4 is 11.2 Å². The molecule has 3 aromatic heterocycles. The lowest BCUT2D eigenvalue weighted by molar-refractivity contribution is 0.461. The number of aromatic nitrogens is 5. The van der Waals surface area contributed by atoms with Gasteiger partial charge in [0, 0.05) is 19.9 Å². The molecule has 3 rings (SSSR count). The molecule has 6 heteroatoms. The van der Waals surface area contributed by atoms with E-state index in [1.807, 2.05) is 20.0 Å². The third-order valence-electron chi connectivity index (χ3n) is 3.62. The minimum absolute atomic E-state index is 0.552. The SMILES string of the molecule is CCc1nnc(Cc2cc(C)c3nc(CC)n(C)c3n2)o1. The van der Waals surface area contributed by atoms with Gasteiger partial charge in [-0.05, 0) is 18.6 Å². The van der Waals surface area contributed by atoms with Crippen molar-refractivity contribution in [3.8, 4) is 0 Å². The molecule has 110 valence electrons. The van der Waals surface area contributed by atoms with Gasteiger partial charge in [-0.1, -0.05) is 13.8 Å². The maximum Gasteiger partial charge on any atom is 0.222 e. The van der Waals surface area contributed by atoms with Gasteiger partial charge in [0.1, 0.15) is 11.3 Å². The van der Waals surface area contributed by atoms with Gasteiger partial charge in [-0.2, -0.15) is 0 Å². The molecule has 0 unspecified atom stereocenters. The summed E-state index contributed by atoms with van der Waals surface area (Å²) >= 11 is 0. The van der Waals surface area contributed by atoms with E-state index in [0.29, 0.717) is 18.2 Å². The highest BCUT2D eigenvalue weighted by atomic mass is 16.4. The second-order valence-electron chi connectivity index (χ2n) is 5.16. The Kier molecular flexibility index (Phi) is 3.45. The zero-order valence-corrected chi connectivity index (χ0v) is 12.8. The van der Waals surface area contributed by atoms with Crippen LogP contribution < -0.4 is 0 Å². The van der Waals surface area contributed by atoms with Crippen molar-refractivity contribution < 1.29 is 4.42 Å². The zero-order chi connectivity index (χ0) is 15.0. The van der Waals surface area contributed by atoms with Gasteiger partial charge >= 0.3 is 0 Å². The molecule has 0 aromatic carbocycles. The lowest BCUT2D eigenvalue weighted by Gasteiger charge is -2.02. The summed E-state index contributed by atoms with van der Waals surface area (Å²) < 4.78 is 7.61. The van der Waals surface area contributed by atoms with Crippen molar-refractivity contribution in [2.24, 2.45) is 7.05 Å². The molecule has 0 radical (unpaired) electrons. The molecule has 0 amide bonds. The first kappa shape index (κ1) is 13.7. The van der Waals surface area contributed by atoms with Crippen molar-refractivity contribution in [3.63, 3.8) is 0 Å². The Bertz CT molecular complexity index is 787. The molecule has 0 bridgehead atoms. The van der Waals surface area contributed by atoms with Crippen LogP contribution in [0, 0.1) is 6.92 Å². The van der Waals surface area contributed by atoms with Crippen molar-refractivity contribution in [1.29, 1.82) is 0 Å². The van der Waals surface area contributed by atoms with Crippen LogP contribution in [0.3, 0.4) is 0 Å². The largest absolute Gasteiger partial charge is 0.425 e. The Morgan fingerprint density at radius 1 is 1.10 bits per heavy atom. The van der Waals surface area contributed by atoms with E-state index >= 15 is 0 Å². The lowest BCUT2D eigenvalue weighted by Crippen LogP contribution is -1.99. The lowest BCUT2D eigenvalue weighted by atomic mass is 10.2. The van der Waals surface area contributed by atoms with Crippen LogP contribution >= 0.6 is 0 Å². The van der Waals surface area contributed by atoms with Gasteiger partial charge in [-0.15, -0.1) is 10.2 Å². The molecular formula is C15H19N5O. The fraction of sp³-hybridized carbons (Fsp3) is 0.467. The number of fused-ring (bicyclic) bond motifs is 1. The molecule has 6 nitrogen and oxygen atoms in total. The molecular weight excluding hydrogens is 266 g/mol. The average Bonchev–Trinajstić information content (AvgIpc) is 3.05. The van der Waals surface area contributed by atoms with E-state index < -0.39 is 0 Å². The summed E-state index contributed by atoms with van der Waals surface area (Å²) in [6.45, 7) is 6.15. The average molecular weight is 285 g/mol. The van der Waals surface area contributed by atoms with Gasteiger partial charge in [-0.3, -0.25) is 0 Å². The van der Waals surface area contributed by atoms with E-state index in [2.05, 4.69) is 33.6 Å². The monoisotopic (exact) mass is 285 g/mol. The third-order valence-corrected chi connectivity index (χ3v) is 3.62. The van der Waals surface area contributed by atoms with E-state index in [1.54, 1.807) is 0 Å². The number of hydrogen-bond acceptors (Lipinski definition) is 5. The number of aryl methyl sites for hydroxylation is 4. The molecule has 0 aliphatic carbocycles. The first-order valence-electron chi connectivity index (χ1n) is 7.25. The highest BCUT2D eigenvalue weighted by molar-refractivity contribution is 5.75. The van der Waals surface area contributed by atoms with E-state index in [4.69, 9.17) is 9.40 Å². The second-order valence-corrected chi connectivity index (χ2v) is 5.16. The topological polar surface area (TPSA) is 69.6 Å². The highest BCUT2D eigenvalue weighted by Crippen LogP contribution is 2.19. The van der Waals surface area contributed by atoms with Crippen LogP contribution in [0.25, 0.3) is 11.2 Å². The number of imidazole rings is 1. The fourth-order valence-electron chi connectivity index (χ4n) is 2.48. The van der Waals surface area contributed by atoms with E-state index in [0.717, 1.165) is 41.1 Å². The van der Waals surface area contributed by atoms with Crippen molar-refractivity contribution in [3.05, 3.63) is 34.9 Å². The molecule has 0 saturated carbocycles. The van der Waals surface area contributed by atoms with Crippen LogP contribution in [0.4, 0.5) is 0 Å². The summed E-state index contributed by atoms with van der Waals surface area (Å²) in [6, 6.07) is 2.05. The minimum Gasteiger partial charge on any atom is -0.425 e. The Balaban J connectivity index is 2.01. The summed E-state index contributed by atoms with van der Waals surface area (Å²) in [5.41, 5.74) is 3.94. The molecule has 0 aliphatic heterocycles. The maximum absolute atomic E-state index is 5.56. The predicted octanol–water partition coefficient (Wildman–Crippen LogP) is 2.38. The smallest absolute Gasteiger partial charge is 0.222 e. The van der Waals surface area contributed by atoms with Crippen LogP contribution in [-0.4, -0.2) is 24.7 Å². The molecule has 21 heavy (non-hydrogen) atoms. The van der Waals surface area contributed by atoms with E-state index in [1.165, 1.54) is 0 Å². The second kappa shape index (κ2) is 5.27. The third kappa shape index (κ3) is 2.41. The first-order chi connectivity index (χ1) is 10.1. The number of hydrogen-bond donors (Lipinski definition) is 0. The molecule has 0 N–H and O–H groups in total. The Labute approximate surface area is 123 Å². The molecule has 0 aliphatic rings. The molecule has 0 spiro atoms. The molecule has 0 fully saturated rings. The van der Waals surface area contributed by atoms with Gasteiger partial charge in [-0.25, -0.2) is 9.97 Å². The van der Waals surface area contributed by atoms with Gasteiger partial charge in [0.05, 0.1) is 12.1 Å². The molecule has 3 aromatic rings. The van der Waals surface area contributed by atoms with Crippen LogP contribution in [0.5, 0.6) is 0 Å². The Hall–Kier alpha value is -2.24. The van der Waals surface area contributed by atoms with Crippen LogP contribution in [0.1, 0.15) is 42.7 Å². The van der Waals surface area contributed by atoms with Crippen LogP contribution in [0.15, 0.2) is 10.5 Å². The predicted molar refractivity (Wildman–Crippen MR) is 79.1 cm³/mol. The summed E-state index contributed by atoms with van der Waals surface area (Å²) in [4.78, 5) is 9.35. The van der Waals surface area contributed by atoms with Crippen LogP contribution in [-0.2, 0) is 26.3 Å². The van der Waals surface area contributed by atoms with Crippen LogP contribution in [0.2, 0.25) is 0 Å². The van der Waals surface area contributed by atoms with Crippen molar-refractivity contribution in [2.75, 3.05) is 0 Å². The molecule has 0 atom stereocenters. The maximum atomic E-state index is 5.56. The Morgan fingerprint density at radius 3 is 2.52 bits per heavy atom. The van der Waals surface area contributed by atoms with Gasteiger partial charge < -0.3 is 8.98 Å². The summed E-state index contributed by atoms with van der Waals surface area (Å²) in [6.07, 6.45) is 2.20. The molecule has 3 heterocycles. The number of pyridine rings is 1. The number of rotatable bonds is 4. The normalized spacial score (nSPS) is 11.4. The van der Waals surface area contributed by atoms with Gasteiger partial charge in [0.2, 0.25) is 11.8 Å². The zero-order valence-electron chi connectivity index (χ0n) is 12.8. The van der Waals surface area contributed by atoms with Crippen molar-refractivity contribution in [1.82, 2.24) is 24.7 Å². The van der Waals surface area contributed by atoms with Gasteiger partial charge in [0.15, 0.2) is 5.65 Å². The number of nitrogens with zero attached hydrogens (tertiary/aromatic N) is 5. The summed E-state index contributed by atoms with van der Waals surface area (Å²) in [7, 11) is 2.01. The minimum atomic E-state index is 0.552. The van der Waals surface area contributed by atoms with Crippen molar-refractivity contribution in [2.45, 2.75) is 40.0 Å². The Morgan fingerprint density at radius 2 is 1.86 bits per heavy atom. The van der Waals surface area contributed by atoms with Gasteiger partial charge in [0.25, 0.3) is 0 Å². The molecule has 0 saturated heterocycles. The van der Waals surface area contributed by atoms with E-state index in [9.17, 15) is 0 Å². The highest BCUT2D eigenvalue weighted by Gasteiger charge is 2.13. The first-order valence-corrected chi connectivity index (χ1v) is 7.25. The summed E-state index contributed by atoms with van der Waals surface area (Å²) in [5.74, 6) is 2.32. The fourth-order valence-corrected chi connectivity index (χ4v) is 2.48. The quantitative estimate of drug-likeness (QED) is 0.736. The van der Waals surface area contributed by atoms with E-state index in [-0.39, 0.29) is 0 Å².